The molecule has 1 aliphatic rings. The van der Waals surface area contributed by atoms with Crippen molar-refractivity contribution in [1.29, 1.82) is 10.5 Å². The van der Waals surface area contributed by atoms with Crippen LogP contribution in [0.1, 0.15) is 17.0 Å². The topological polar surface area (TPSA) is 126 Å². The number of non-ortho nitro benzene ring substituents is 1. The fourth-order valence-electron chi connectivity index (χ4n) is 2.80. The summed E-state index contributed by atoms with van der Waals surface area (Å²) in [7, 11) is 0. The average Bonchev–Trinajstić information content (AvgIpc) is 2.67. The molecule has 0 bridgehead atoms. The van der Waals surface area contributed by atoms with Crippen molar-refractivity contribution < 1.29 is 9.66 Å². The third-order valence-corrected chi connectivity index (χ3v) is 4.01. The zero-order chi connectivity index (χ0) is 18.7. The van der Waals surface area contributed by atoms with Crippen LogP contribution in [0.25, 0.3) is 5.76 Å². The van der Waals surface area contributed by atoms with E-state index in [4.69, 9.17) is 10.5 Å². The third-order valence-electron chi connectivity index (χ3n) is 4.01. The van der Waals surface area contributed by atoms with Crippen LogP contribution in [0.15, 0.2) is 71.6 Å². The smallest absolute Gasteiger partial charge is 0.269 e. The van der Waals surface area contributed by atoms with Gasteiger partial charge >= 0.3 is 0 Å². The van der Waals surface area contributed by atoms with Crippen molar-refractivity contribution in [2.45, 2.75) is 5.92 Å². The second kappa shape index (κ2) is 6.80. The summed E-state index contributed by atoms with van der Waals surface area (Å²) in [6, 6.07) is 18.7. The number of hydrogen-bond donors (Lipinski definition) is 1. The molecule has 26 heavy (non-hydrogen) atoms. The van der Waals surface area contributed by atoms with Gasteiger partial charge in [0.2, 0.25) is 5.88 Å². The number of nitro groups is 1. The summed E-state index contributed by atoms with van der Waals surface area (Å²) >= 11 is 0. The molecule has 0 saturated heterocycles. The summed E-state index contributed by atoms with van der Waals surface area (Å²) in [5.74, 6) is -0.573. The fraction of sp³-hybridized carbons (Fsp3) is 0.0526. The highest BCUT2D eigenvalue weighted by Crippen LogP contribution is 2.42. The van der Waals surface area contributed by atoms with E-state index in [0.29, 0.717) is 11.1 Å². The first-order valence-corrected chi connectivity index (χ1v) is 7.58. The number of ether oxygens (including phenoxy) is 1. The summed E-state index contributed by atoms with van der Waals surface area (Å²) in [4.78, 5) is 10.3. The van der Waals surface area contributed by atoms with Gasteiger partial charge in [-0.05, 0) is 5.56 Å². The summed E-state index contributed by atoms with van der Waals surface area (Å²) < 4.78 is 5.58. The Morgan fingerprint density at radius 1 is 1.00 bits per heavy atom. The Morgan fingerprint density at radius 2 is 1.62 bits per heavy atom. The zero-order valence-corrected chi connectivity index (χ0v) is 13.4. The second-order valence-corrected chi connectivity index (χ2v) is 5.49. The normalized spacial score (nSPS) is 16.5. The van der Waals surface area contributed by atoms with E-state index < -0.39 is 10.8 Å². The second-order valence-electron chi connectivity index (χ2n) is 5.49. The van der Waals surface area contributed by atoms with Crippen molar-refractivity contribution in [2.24, 2.45) is 5.73 Å². The first kappa shape index (κ1) is 16.7. The average molecular weight is 344 g/mol. The molecule has 7 heteroatoms. The SMILES string of the molecule is N#CC1=C(N)OC(c2ccccc2)=C(C#N)C1c1ccc([N+](=O)[O-])cc1. The predicted octanol–water partition coefficient (Wildman–Crippen LogP) is 3.34. The molecule has 2 aromatic carbocycles. The van der Waals surface area contributed by atoms with Crippen molar-refractivity contribution in [3.05, 3.63) is 92.9 Å². The Labute approximate surface area is 149 Å². The van der Waals surface area contributed by atoms with Gasteiger partial charge in [0.25, 0.3) is 5.69 Å². The molecule has 2 N–H and O–H groups in total. The Kier molecular flexibility index (Phi) is 4.38. The molecule has 2 aromatic rings. The summed E-state index contributed by atoms with van der Waals surface area (Å²) in [6.07, 6.45) is 0. The number of rotatable bonds is 3. The molecular weight excluding hydrogens is 332 g/mol. The number of nitrogens with two attached hydrogens (primary N) is 1. The molecule has 0 amide bonds. The molecule has 0 aromatic heterocycles. The van der Waals surface area contributed by atoms with Gasteiger partial charge in [0, 0.05) is 17.7 Å². The lowest BCUT2D eigenvalue weighted by atomic mass is 9.82. The molecule has 1 atom stereocenters. The van der Waals surface area contributed by atoms with Crippen LogP contribution in [-0.4, -0.2) is 4.92 Å². The number of hydrogen-bond acceptors (Lipinski definition) is 6. The van der Waals surface area contributed by atoms with Gasteiger partial charge in [-0.15, -0.1) is 0 Å². The molecule has 0 saturated carbocycles. The minimum atomic E-state index is -0.755. The Balaban J connectivity index is 2.19. The highest BCUT2D eigenvalue weighted by molar-refractivity contribution is 5.73. The molecule has 0 spiro atoms. The van der Waals surface area contributed by atoms with Crippen molar-refractivity contribution >= 4 is 11.4 Å². The van der Waals surface area contributed by atoms with E-state index in [2.05, 4.69) is 6.07 Å². The largest absolute Gasteiger partial charge is 0.439 e. The molecule has 1 heterocycles. The predicted molar refractivity (Wildman–Crippen MR) is 92.7 cm³/mol. The zero-order valence-electron chi connectivity index (χ0n) is 13.4. The summed E-state index contributed by atoms with van der Waals surface area (Å²) in [6.45, 7) is 0. The van der Waals surface area contributed by atoms with Crippen LogP contribution < -0.4 is 5.73 Å². The van der Waals surface area contributed by atoms with E-state index >= 15 is 0 Å². The molecule has 0 radical (unpaired) electrons. The van der Waals surface area contributed by atoms with Crippen LogP contribution in [0, 0.1) is 32.8 Å². The molecule has 126 valence electrons. The molecule has 1 aliphatic heterocycles. The van der Waals surface area contributed by atoms with E-state index in [-0.39, 0.29) is 28.5 Å². The first-order valence-electron chi connectivity index (χ1n) is 7.58. The number of nitro benzene ring substituents is 1. The molecular formula is C19H12N4O3. The summed E-state index contributed by atoms with van der Waals surface area (Å²) in [5, 5.41) is 30.1. The van der Waals surface area contributed by atoms with Crippen LogP contribution >= 0.6 is 0 Å². The van der Waals surface area contributed by atoms with E-state index in [1.807, 2.05) is 12.1 Å². The standard InChI is InChI=1S/C19H12N4O3/c20-10-15-17(12-6-8-14(9-7-12)23(24)25)16(11-21)19(22)26-18(15)13-4-2-1-3-5-13/h1-9,17H,22H2. The minimum Gasteiger partial charge on any atom is -0.439 e. The molecule has 3 rings (SSSR count). The fourth-order valence-corrected chi connectivity index (χ4v) is 2.80. The van der Waals surface area contributed by atoms with Crippen molar-refractivity contribution in [3.63, 3.8) is 0 Å². The number of nitriles is 2. The highest BCUT2D eigenvalue weighted by atomic mass is 16.6. The van der Waals surface area contributed by atoms with Gasteiger partial charge < -0.3 is 10.5 Å². The maximum Gasteiger partial charge on any atom is 0.269 e. The minimum absolute atomic E-state index is 0.0814. The van der Waals surface area contributed by atoms with E-state index in [9.17, 15) is 20.6 Å². The van der Waals surface area contributed by atoms with Gasteiger partial charge in [0.1, 0.15) is 11.6 Å². The lowest BCUT2D eigenvalue weighted by molar-refractivity contribution is -0.384. The Hall–Kier alpha value is -4.10. The summed E-state index contributed by atoms with van der Waals surface area (Å²) in [5.41, 5.74) is 7.35. The van der Waals surface area contributed by atoms with Gasteiger partial charge in [-0.3, -0.25) is 10.1 Å². The van der Waals surface area contributed by atoms with Gasteiger partial charge in [-0.2, -0.15) is 10.5 Å². The maximum atomic E-state index is 10.9. The van der Waals surface area contributed by atoms with E-state index in [1.54, 1.807) is 24.3 Å². The number of nitrogens with zero attached hydrogens (tertiary/aromatic N) is 3. The van der Waals surface area contributed by atoms with Crippen molar-refractivity contribution in [2.75, 3.05) is 0 Å². The Morgan fingerprint density at radius 3 is 2.15 bits per heavy atom. The monoisotopic (exact) mass is 344 g/mol. The molecule has 0 aliphatic carbocycles. The van der Waals surface area contributed by atoms with Crippen LogP contribution in [0.2, 0.25) is 0 Å². The van der Waals surface area contributed by atoms with Crippen molar-refractivity contribution in [1.82, 2.24) is 0 Å². The van der Waals surface area contributed by atoms with Crippen LogP contribution in [0.3, 0.4) is 0 Å². The van der Waals surface area contributed by atoms with Crippen molar-refractivity contribution in [3.8, 4) is 12.1 Å². The molecule has 0 fully saturated rings. The molecule has 1 unspecified atom stereocenters. The number of allylic oxidation sites excluding steroid dienone is 2. The van der Waals surface area contributed by atoms with E-state index in [0.717, 1.165) is 0 Å². The Bertz CT molecular complexity index is 1010. The van der Waals surface area contributed by atoms with Crippen LogP contribution in [-0.2, 0) is 4.74 Å². The van der Waals surface area contributed by atoms with Crippen LogP contribution in [0.4, 0.5) is 5.69 Å². The lowest BCUT2D eigenvalue weighted by Gasteiger charge is -2.26. The van der Waals surface area contributed by atoms with Gasteiger partial charge in [-0.1, -0.05) is 42.5 Å². The van der Waals surface area contributed by atoms with Gasteiger partial charge in [0.15, 0.2) is 5.76 Å². The van der Waals surface area contributed by atoms with Crippen LogP contribution in [0.5, 0.6) is 0 Å². The maximum absolute atomic E-state index is 10.9. The highest BCUT2D eigenvalue weighted by Gasteiger charge is 2.33. The number of benzene rings is 2. The lowest BCUT2D eigenvalue weighted by Crippen LogP contribution is -2.20. The third kappa shape index (κ3) is 2.85. The first-order chi connectivity index (χ1) is 12.6. The quantitative estimate of drug-likeness (QED) is 0.672. The molecule has 7 nitrogen and oxygen atoms in total. The van der Waals surface area contributed by atoms with Gasteiger partial charge in [-0.25, -0.2) is 0 Å². The van der Waals surface area contributed by atoms with Gasteiger partial charge in [0.05, 0.1) is 22.5 Å². The van der Waals surface area contributed by atoms with E-state index in [1.165, 1.54) is 24.3 Å².